The molecule has 0 radical (unpaired) electrons. The van der Waals surface area contributed by atoms with Crippen molar-refractivity contribution in [3.63, 3.8) is 0 Å². The average molecular weight is 164 g/mol. The van der Waals surface area contributed by atoms with Crippen LogP contribution in [-0.4, -0.2) is 5.78 Å². The van der Waals surface area contributed by atoms with E-state index in [-0.39, 0.29) is 5.78 Å². The van der Waals surface area contributed by atoms with Crippen LogP contribution in [0.1, 0.15) is 35.0 Å². The van der Waals surface area contributed by atoms with E-state index in [9.17, 15) is 4.79 Å². The van der Waals surface area contributed by atoms with E-state index in [1.54, 1.807) is 6.26 Å². The molecule has 1 heterocycles. The van der Waals surface area contributed by atoms with Crippen LogP contribution in [0.15, 0.2) is 10.7 Å². The normalized spacial score (nSPS) is 22.5. The van der Waals surface area contributed by atoms with Crippen LogP contribution in [0, 0.1) is 12.8 Å². The quantitative estimate of drug-likeness (QED) is 0.589. The molecule has 0 aromatic carbocycles. The maximum atomic E-state index is 11.5. The number of ketones is 1. The highest BCUT2D eigenvalue weighted by molar-refractivity contribution is 5.99. The van der Waals surface area contributed by atoms with Crippen molar-refractivity contribution in [3.05, 3.63) is 23.2 Å². The lowest BCUT2D eigenvalue weighted by Gasteiger charge is -2.15. The number of aryl methyl sites for hydroxylation is 1. The van der Waals surface area contributed by atoms with Crippen molar-refractivity contribution in [2.45, 2.75) is 26.7 Å². The molecule has 2 nitrogen and oxygen atoms in total. The van der Waals surface area contributed by atoms with E-state index in [0.717, 1.165) is 23.3 Å². The molecule has 0 spiro atoms. The summed E-state index contributed by atoms with van der Waals surface area (Å²) in [6, 6.07) is 0. The van der Waals surface area contributed by atoms with Gasteiger partial charge in [0.1, 0.15) is 5.76 Å². The van der Waals surface area contributed by atoms with Crippen LogP contribution in [-0.2, 0) is 6.42 Å². The number of hydrogen-bond donors (Lipinski definition) is 0. The van der Waals surface area contributed by atoms with Gasteiger partial charge in [-0.15, -0.1) is 0 Å². The monoisotopic (exact) mass is 164 g/mol. The molecule has 0 saturated heterocycles. The standard InChI is InChI=1S/C10H12O2/c1-6-3-8(11)10-7(2)5-12-9(10)4-6/h5-6H,3-4H2,1-2H3/t6-/m1/s1. The number of carbonyl (C=O) groups is 1. The van der Waals surface area contributed by atoms with Crippen molar-refractivity contribution < 1.29 is 9.21 Å². The van der Waals surface area contributed by atoms with Crippen molar-refractivity contribution in [2.75, 3.05) is 0 Å². The van der Waals surface area contributed by atoms with E-state index >= 15 is 0 Å². The second-order valence-electron chi connectivity index (χ2n) is 3.65. The van der Waals surface area contributed by atoms with Gasteiger partial charge in [0.15, 0.2) is 5.78 Å². The predicted octanol–water partition coefficient (Wildman–Crippen LogP) is 2.35. The Morgan fingerprint density at radius 1 is 1.50 bits per heavy atom. The Hall–Kier alpha value is -1.05. The summed E-state index contributed by atoms with van der Waals surface area (Å²) in [5, 5.41) is 0. The van der Waals surface area contributed by atoms with Crippen LogP contribution in [0.3, 0.4) is 0 Å². The molecular formula is C10H12O2. The lowest BCUT2D eigenvalue weighted by molar-refractivity contribution is 0.0948. The molecule has 2 rings (SSSR count). The fourth-order valence-electron chi connectivity index (χ4n) is 1.83. The van der Waals surface area contributed by atoms with Gasteiger partial charge in [0.25, 0.3) is 0 Å². The van der Waals surface area contributed by atoms with E-state index in [0.29, 0.717) is 12.3 Å². The predicted molar refractivity (Wildman–Crippen MR) is 45.3 cm³/mol. The number of hydrogen-bond acceptors (Lipinski definition) is 2. The molecule has 0 amide bonds. The van der Waals surface area contributed by atoms with Gasteiger partial charge in [-0.2, -0.15) is 0 Å². The number of furan rings is 1. The third-order valence-electron chi connectivity index (χ3n) is 2.40. The second kappa shape index (κ2) is 2.47. The number of fused-ring (bicyclic) bond motifs is 1. The number of rotatable bonds is 0. The molecular weight excluding hydrogens is 152 g/mol. The minimum atomic E-state index is 0.245. The summed E-state index contributed by atoms with van der Waals surface area (Å²) in [6.07, 6.45) is 3.27. The first-order valence-electron chi connectivity index (χ1n) is 4.28. The van der Waals surface area contributed by atoms with E-state index in [1.165, 1.54) is 0 Å². The van der Waals surface area contributed by atoms with Crippen molar-refractivity contribution in [1.29, 1.82) is 0 Å². The molecule has 0 aliphatic heterocycles. The first-order valence-corrected chi connectivity index (χ1v) is 4.28. The Morgan fingerprint density at radius 3 is 3.00 bits per heavy atom. The lowest BCUT2D eigenvalue weighted by atomic mass is 9.87. The smallest absolute Gasteiger partial charge is 0.166 e. The fraction of sp³-hybridized carbons (Fsp3) is 0.500. The average Bonchev–Trinajstić information content (AvgIpc) is 2.31. The zero-order valence-corrected chi connectivity index (χ0v) is 7.39. The zero-order valence-electron chi connectivity index (χ0n) is 7.39. The fourth-order valence-corrected chi connectivity index (χ4v) is 1.83. The maximum absolute atomic E-state index is 11.5. The first-order chi connectivity index (χ1) is 5.68. The van der Waals surface area contributed by atoms with Gasteiger partial charge in [-0.25, -0.2) is 0 Å². The van der Waals surface area contributed by atoms with Crippen LogP contribution in [0.2, 0.25) is 0 Å². The van der Waals surface area contributed by atoms with E-state index in [4.69, 9.17) is 4.42 Å². The molecule has 0 fully saturated rings. The number of carbonyl (C=O) groups excluding carboxylic acids is 1. The van der Waals surface area contributed by atoms with E-state index in [1.807, 2.05) is 6.92 Å². The Kier molecular flexibility index (Phi) is 1.56. The minimum Gasteiger partial charge on any atom is -0.468 e. The van der Waals surface area contributed by atoms with Gasteiger partial charge in [0.05, 0.1) is 11.8 Å². The van der Waals surface area contributed by atoms with Crippen LogP contribution in [0.25, 0.3) is 0 Å². The Morgan fingerprint density at radius 2 is 2.25 bits per heavy atom. The van der Waals surface area contributed by atoms with Crippen LogP contribution in [0.4, 0.5) is 0 Å². The van der Waals surface area contributed by atoms with Gasteiger partial charge in [-0.3, -0.25) is 4.79 Å². The van der Waals surface area contributed by atoms with Gasteiger partial charge in [0, 0.05) is 12.8 Å². The Balaban J connectivity index is 2.50. The van der Waals surface area contributed by atoms with Crippen molar-refractivity contribution in [2.24, 2.45) is 5.92 Å². The molecule has 1 aliphatic rings. The topological polar surface area (TPSA) is 30.2 Å². The molecule has 0 saturated carbocycles. The molecule has 1 aliphatic carbocycles. The highest BCUT2D eigenvalue weighted by atomic mass is 16.3. The SMILES string of the molecule is Cc1coc2c1C(=O)C[C@@H](C)C2. The maximum Gasteiger partial charge on any atom is 0.166 e. The van der Waals surface area contributed by atoms with Crippen LogP contribution in [0.5, 0.6) is 0 Å². The highest BCUT2D eigenvalue weighted by Crippen LogP contribution is 2.28. The third-order valence-corrected chi connectivity index (χ3v) is 2.40. The van der Waals surface area contributed by atoms with Gasteiger partial charge < -0.3 is 4.42 Å². The van der Waals surface area contributed by atoms with Gasteiger partial charge in [-0.05, 0) is 18.4 Å². The lowest BCUT2D eigenvalue weighted by Crippen LogP contribution is -2.16. The van der Waals surface area contributed by atoms with Crippen molar-refractivity contribution >= 4 is 5.78 Å². The summed E-state index contributed by atoms with van der Waals surface area (Å²) in [6.45, 7) is 4.01. The molecule has 12 heavy (non-hydrogen) atoms. The molecule has 2 heteroatoms. The molecule has 64 valence electrons. The van der Waals surface area contributed by atoms with Crippen LogP contribution < -0.4 is 0 Å². The van der Waals surface area contributed by atoms with Gasteiger partial charge >= 0.3 is 0 Å². The first kappa shape index (κ1) is 7.59. The largest absolute Gasteiger partial charge is 0.468 e. The van der Waals surface area contributed by atoms with E-state index in [2.05, 4.69) is 6.92 Å². The molecule has 0 bridgehead atoms. The van der Waals surface area contributed by atoms with E-state index < -0.39 is 0 Å². The second-order valence-corrected chi connectivity index (χ2v) is 3.65. The van der Waals surface area contributed by atoms with Crippen LogP contribution >= 0.6 is 0 Å². The summed E-state index contributed by atoms with van der Waals surface area (Å²) in [4.78, 5) is 11.5. The summed E-state index contributed by atoms with van der Waals surface area (Å²) in [5.41, 5.74) is 1.83. The highest BCUT2D eigenvalue weighted by Gasteiger charge is 2.26. The molecule has 1 aromatic rings. The summed E-state index contributed by atoms with van der Waals surface area (Å²) in [5.74, 6) is 1.57. The van der Waals surface area contributed by atoms with Gasteiger partial charge in [0.2, 0.25) is 0 Å². The summed E-state index contributed by atoms with van der Waals surface area (Å²) < 4.78 is 5.31. The zero-order chi connectivity index (χ0) is 8.72. The van der Waals surface area contributed by atoms with Gasteiger partial charge in [-0.1, -0.05) is 6.92 Å². The molecule has 0 N–H and O–H groups in total. The molecule has 1 aromatic heterocycles. The Bertz CT molecular complexity index is 323. The Labute approximate surface area is 71.6 Å². The summed E-state index contributed by atoms with van der Waals surface area (Å²) in [7, 11) is 0. The third kappa shape index (κ3) is 0.986. The summed E-state index contributed by atoms with van der Waals surface area (Å²) >= 11 is 0. The minimum absolute atomic E-state index is 0.245. The molecule has 1 atom stereocenters. The molecule has 0 unspecified atom stereocenters. The number of Topliss-reactive ketones (excluding diaryl/α,β-unsaturated/α-hetero) is 1. The van der Waals surface area contributed by atoms with Crippen molar-refractivity contribution in [3.8, 4) is 0 Å². The van der Waals surface area contributed by atoms with Crippen molar-refractivity contribution in [1.82, 2.24) is 0 Å².